The number of benzene rings is 2. The van der Waals surface area contributed by atoms with E-state index in [1.165, 1.54) is 17.1 Å². The highest BCUT2D eigenvalue weighted by molar-refractivity contribution is 5.79. The molecule has 0 aliphatic carbocycles. The van der Waals surface area contributed by atoms with Gasteiger partial charge in [0.25, 0.3) is 0 Å². The summed E-state index contributed by atoms with van der Waals surface area (Å²) in [7, 11) is 0. The lowest BCUT2D eigenvalue weighted by Crippen LogP contribution is -2.58. The minimum Gasteiger partial charge on any atom is -0.487 e. The molecule has 5 rings (SSSR count). The van der Waals surface area contributed by atoms with Gasteiger partial charge in [0.15, 0.2) is 0 Å². The Labute approximate surface area is 166 Å². The number of amides is 2. The van der Waals surface area contributed by atoms with Crippen LogP contribution in [-0.4, -0.2) is 47.6 Å². The van der Waals surface area contributed by atoms with Crippen LogP contribution in [-0.2, 0) is 6.42 Å². The smallest absolute Gasteiger partial charge is 0.341 e. The second-order valence-corrected chi connectivity index (χ2v) is 7.33. The maximum Gasteiger partial charge on any atom is 0.341 e. The number of nitrogens with zero attached hydrogens (tertiary/aromatic N) is 4. The van der Waals surface area contributed by atoms with Gasteiger partial charge in [0.2, 0.25) is 0 Å². The zero-order valence-corrected chi connectivity index (χ0v) is 15.5. The van der Waals surface area contributed by atoms with Crippen molar-refractivity contribution in [2.24, 2.45) is 10.1 Å². The van der Waals surface area contributed by atoms with E-state index in [1.807, 2.05) is 24.4 Å². The van der Waals surface area contributed by atoms with Crippen LogP contribution in [0.5, 0.6) is 5.75 Å². The van der Waals surface area contributed by atoms with E-state index in [-0.39, 0.29) is 12.1 Å². The van der Waals surface area contributed by atoms with Gasteiger partial charge in [0, 0.05) is 31.3 Å². The largest absolute Gasteiger partial charge is 0.487 e. The molecule has 29 heavy (non-hydrogen) atoms. The van der Waals surface area contributed by atoms with Crippen LogP contribution in [0.25, 0.3) is 0 Å². The normalized spacial score (nSPS) is 20.1. The predicted octanol–water partition coefficient (Wildman–Crippen LogP) is 3.84. The average Bonchev–Trinajstić information content (AvgIpc) is 3.31. The van der Waals surface area contributed by atoms with Crippen LogP contribution in [0.15, 0.2) is 46.5 Å². The van der Waals surface area contributed by atoms with Gasteiger partial charge in [-0.1, -0.05) is 0 Å². The fourth-order valence-corrected chi connectivity index (χ4v) is 3.82. The summed E-state index contributed by atoms with van der Waals surface area (Å²) < 4.78 is 33.1. The third kappa shape index (κ3) is 3.35. The van der Waals surface area contributed by atoms with Crippen molar-refractivity contribution in [3.05, 3.63) is 59.2 Å². The Morgan fingerprint density at radius 1 is 1.07 bits per heavy atom. The molecule has 2 aromatic rings. The molecule has 0 N–H and O–H groups in total. The Balaban J connectivity index is 1.21. The van der Waals surface area contributed by atoms with Crippen molar-refractivity contribution < 1.29 is 18.3 Å². The molecule has 8 heteroatoms. The molecule has 0 aromatic heterocycles. The summed E-state index contributed by atoms with van der Waals surface area (Å²) in [5.41, 5.74) is 2.49. The molecule has 2 aromatic carbocycles. The summed E-state index contributed by atoms with van der Waals surface area (Å²) in [6.07, 6.45) is 4.58. The Hall–Kier alpha value is -3.29. The fourth-order valence-electron chi connectivity index (χ4n) is 3.82. The number of carbonyl (C=O) groups excluding carboxylic acids is 1. The number of fused-ring (bicyclic) bond motifs is 1. The molecule has 0 bridgehead atoms. The number of hydrazone groups is 1. The van der Waals surface area contributed by atoms with Crippen LogP contribution >= 0.6 is 0 Å². The third-order valence-corrected chi connectivity index (χ3v) is 5.31. The number of hydrogen-bond donors (Lipinski definition) is 0. The first-order valence-corrected chi connectivity index (χ1v) is 9.45. The van der Waals surface area contributed by atoms with Crippen LogP contribution in [0, 0.1) is 11.6 Å². The topological polar surface area (TPSA) is 57.5 Å². The van der Waals surface area contributed by atoms with Crippen LogP contribution in [0.1, 0.15) is 23.6 Å². The zero-order chi connectivity index (χ0) is 20.0. The molecule has 1 saturated heterocycles. The van der Waals surface area contributed by atoms with Gasteiger partial charge in [-0.05, 0) is 41.5 Å². The number of ether oxygens (including phenoxy) is 1. The highest BCUT2D eigenvalue weighted by Gasteiger charge is 2.39. The second kappa shape index (κ2) is 6.95. The standard InChI is InChI=1S/C21H18F2N4O2/c22-15-7-14(8-16(23)10-15)20-4-6-25-27(20)21(28)26-11-18(12-26)29-17-1-2-19-13(9-17)3-5-24-19/h1-2,5-10,18,20H,3-4,11-12H2. The minimum absolute atomic E-state index is 0.101. The van der Waals surface area contributed by atoms with E-state index in [0.29, 0.717) is 25.1 Å². The first-order chi connectivity index (χ1) is 14.1. The van der Waals surface area contributed by atoms with Crippen LogP contribution in [0.4, 0.5) is 19.3 Å². The lowest BCUT2D eigenvalue weighted by Gasteiger charge is -2.41. The van der Waals surface area contributed by atoms with Crippen molar-refractivity contribution >= 4 is 24.1 Å². The maximum absolute atomic E-state index is 13.6. The summed E-state index contributed by atoms with van der Waals surface area (Å²) in [6.45, 7) is 0.866. The molecule has 148 valence electrons. The van der Waals surface area contributed by atoms with Crippen LogP contribution < -0.4 is 4.74 Å². The number of urea groups is 1. The number of halogens is 2. The number of aliphatic imine (C=N–C) groups is 1. The molecule has 3 heterocycles. The molecule has 1 fully saturated rings. The summed E-state index contributed by atoms with van der Waals surface area (Å²) in [5.74, 6) is -0.577. The quantitative estimate of drug-likeness (QED) is 0.792. The fraction of sp³-hybridized carbons (Fsp3) is 0.286. The van der Waals surface area contributed by atoms with Gasteiger partial charge >= 0.3 is 6.03 Å². The average molecular weight is 396 g/mol. The summed E-state index contributed by atoms with van der Waals surface area (Å²) in [4.78, 5) is 18.7. The number of carbonyl (C=O) groups is 1. The van der Waals surface area contributed by atoms with Crippen LogP contribution in [0.2, 0.25) is 0 Å². The summed E-state index contributed by atoms with van der Waals surface area (Å²) in [5, 5.41) is 5.41. The SMILES string of the molecule is O=C(N1CC(Oc2ccc3c(c2)CC=N3)C1)N1N=CCC1c1cc(F)cc(F)c1. The Kier molecular flexibility index (Phi) is 4.26. The molecule has 0 saturated carbocycles. The van der Waals surface area contributed by atoms with E-state index in [9.17, 15) is 13.6 Å². The van der Waals surface area contributed by atoms with Gasteiger partial charge in [0.1, 0.15) is 23.5 Å². The van der Waals surface area contributed by atoms with Crippen molar-refractivity contribution in [2.45, 2.75) is 25.0 Å². The maximum atomic E-state index is 13.6. The van der Waals surface area contributed by atoms with E-state index in [4.69, 9.17) is 4.74 Å². The van der Waals surface area contributed by atoms with E-state index in [2.05, 4.69) is 10.1 Å². The minimum atomic E-state index is -0.670. The zero-order valence-electron chi connectivity index (χ0n) is 15.5. The van der Waals surface area contributed by atoms with Gasteiger partial charge in [0.05, 0.1) is 24.8 Å². The van der Waals surface area contributed by atoms with Gasteiger partial charge in [-0.25, -0.2) is 18.6 Å². The molecule has 1 unspecified atom stereocenters. The lowest BCUT2D eigenvalue weighted by atomic mass is 10.0. The van der Waals surface area contributed by atoms with E-state index in [1.54, 1.807) is 11.1 Å². The van der Waals surface area contributed by atoms with E-state index >= 15 is 0 Å². The molecule has 6 nitrogen and oxygen atoms in total. The first kappa shape index (κ1) is 17.8. The third-order valence-electron chi connectivity index (χ3n) is 5.31. The van der Waals surface area contributed by atoms with Gasteiger partial charge in [-0.2, -0.15) is 5.10 Å². The Morgan fingerprint density at radius 2 is 1.86 bits per heavy atom. The molecule has 3 aliphatic rings. The molecule has 3 aliphatic heterocycles. The Morgan fingerprint density at radius 3 is 2.66 bits per heavy atom. The highest BCUT2D eigenvalue weighted by atomic mass is 19.1. The number of rotatable bonds is 3. The molecular formula is C21H18F2N4O2. The predicted molar refractivity (Wildman–Crippen MR) is 104 cm³/mol. The van der Waals surface area contributed by atoms with Crippen molar-refractivity contribution in [1.29, 1.82) is 0 Å². The molecule has 0 spiro atoms. The summed E-state index contributed by atoms with van der Waals surface area (Å²) >= 11 is 0. The first-order valence-electron chi connectivity index (χ1n) is 9.45. The monoisotopic (exact) mass is 396 g/mol. The summed E-state index contributed by atoms with van der Waals surface area (Å²) in [6, 6.07) is 8.27. The van der Waals surface area contributed by atoms with E-state index < -0.39 is 17.7 Å². The number of hydrogen-bond acceptors (Lipinski definition) is 4. The van der Waals surface area contributed by atoms with Crippen LogP contribution in [0.3, 0.4) is 0 Å². The molecule has 1 atom stereocenters. The van der Waals surface area contributed by atoms with E-state index in [0.717, 1.165) is 29.5 Å². The van der Waals surface area contributed by atoms with Gasteiger partial charge < -0.3 is 9.64 Å². The second-order valence-electron chi connectivity index (χ2n) is 7.33. The van der Waals surface area contributed by atoms with Crippen molar-refractivity contribution in [1.82, 2.24) is 9.91 Å². The molecular weight excluding hydrogens is 378 g/mol. The lowest BCUT2D eigenvalue weighted by molar-refractivity contribution is 0.0277. The molecule has 0 radical (unpaired) electrons. The molecule has 2 amide bonds. The highest BCUT2D eigenvalue weighted by Crippen LogP contribution is 2.32. The number of likely N-dealkylation sites (tertiary alicyclic amines) is 1. The van der Waals surface area contributed by atoms with Gasteiger partial charge in [-0.15, -0.1) is 0 Å². The Bertz CT molecular complexity index is 1010. The van der Waals surface area contributed by atoms with Gasteiger partial charge in [-0.3, -0.25) is 4.99 Å². The van der Waals surface area contributed by atoms with Crippen molar-refractivity contribution in [2.75, 3.05) is 13.1 Å². The van der Waals surface area contributed by atoms with Crippen molar-refractivity contribution in [3.63, 3.8) is 0 Å². The van der Waals surface area contributed by atoms with Crippen molar-refractivity contribution in [3.8, 4) is 5.75 Å².